The molecule has 0 fully saturated rings. The van der Waals surface area contributed by atoms with Crippen molar-refractivity contribution in [3.8, 4) is 0 Å². The summed E-state index contributed by atoms with van der Waals surface area (Å²) in [6.07, 6.45) is 0. The predicted octanol–water partition coefficient (Wildman–Crippen LogP) is 1.06. The zero-order valence-electron chi connectivity index (χ0n) is 9.28. The van der Waals surface area contributed by atoms with Gasteiger partial charge in [0.25, 0.3) is 11.8 Å². The number of aromatic amines is 1. The first-order chi connectivity index (χ1) is 8.97. The molecule has 9 heteroatoms. The van der Waals surface area contributed by atoms with E-state index >= 15 is 0 Å². The van der Waals surface area contributed by atoms with Gasteiger partial charge in [-0.2, -0.15) is 5.21 Å². The van der Waals surface area contributed by atoms with Crippen molar-refractivity contribution < 1.29 is 14.0 Å². The number of amides is 2. The van der Waals surface area contributed by atoms with E-state index in [1.54, 1.807) is 0 Å². The maximum Gasteiger partial charge on any atom is 0.273 e. The Morgan fingerprint density at radius 2 is 2.05 bits per heavy atom. The van der Waals surface area contributed by atoms with Gasteiger partial charge in [0, 0.05) is 10.0 Å². The summed E-state index contributed by atoms with van der Waals surface area (Å²) in [6, 6.07) is 3.67. The summed E-state index contributed by atoms with van der Waals surface area (Å²) < 4.78 is 13.6. The van der Waals surface area contributed by atoms with Crippen LogP contribution in [0.1, 0.15) is 20.8 Å². The number of hydrogen-bond acceptors (Lipinski definition) is 4. The molecule has 0 saturated carbocycles. The molecule has 0 unspecified atom stereocenters. The third-order valence-electron chi connectivity index (χ3n) is 2.14. The van der Waals surface area contributed by atoms with Gasteiger partial charge in [0.2, 0.25) is 0 Å². The molecule has 98 valence electrons. The molecule has 19 heavy (non-hydrogen) atoms. The van der Waals surface area contributed by atoms with Crippen molar-refractivity contribution in [1.82, 2.24) is 15.4 Å². The number of nitrogens with two attached hydrogens (primary N) is 1. The molecule has 1 aromatic heterocycles. The number of rotatable bonds is 3. The quantitative estimate of drug-likeness (QED) is 0.781. The van der Waals surface area contributed by atoms with Crippen LogP contribution in [-0.4, -0.2) is 27.2 Å². The number of carbonyl (C=O) groups excluding carboxylic acids is 2. The topological polar surface area (TPSA) is 114 Å². The first-order valence-corrected chi connectivity index (χ1v) is 5.74. The zero-order valence-corrected chi connectivity index (χ0v) is 10.9. The normalized spacial score (nSPS) is 10.2. The standard InChI is InChI=1S/C10H7BrFN5O2/c11-5-1-4(2-6(12)3-5)10(19)14-9-7(8(13)18)15-17-16-9/h1-3H,(H2,13,18)(H2,14,15,16,17,19). The molecule has 0 atom stereocenters. The predicted molar refractivity (Wildman–Crippen MR) is 67.0 cm³/mol. The van der Waals surface area contributed by atoms with Crippen molar-refractivity contribution in [3.63, 3.8) is 0 Å². The summed E-state index contributed by atoms with van der Waals surface area (Å²) in [5.41, 5.74) is 4.90. The van der Waals surface area contributed by atoms with Crippen LogP contribution in [0.3, 0.4) is 0 Å². The zero-order chi connectivity index (χ0) is 14.0. The second kappa shape index (κ2) is 5.14. The average Bonchev–Trinajstić information content (AvgIpc) is 2.75. The van der Waals surface area contributed by atoms with Crippen LogP contribution in [0.15, 0.2) is 22.7 Å². The highest BCUT2D eigenvalue weighted by molar-refractivity contribution is 9.10. The van der Waals surface area contributed by atoms with Crippen LogP contribution in [0.25, 0.3) is 0 Å². The molecule has 2 amide bonds. The molecule has 0 bridgehead atoms. The Morgan fingerprint density at radius 1 is 1.32 bits per heavy atom. The summed E-state index contributed by atoms with van der Waals surface area (Å²) in [4.78, 5) is 22.8. The lowest BCUT2D eigenvalue weighted by atomic mass is 10.2. The number of primary amides is 1. The monoisotopic (exact) mass is 327 g/mol. The van der Waals surface area contributed by atoms with Gasteiger partial charge in [-0.05, 0) is 18.2 Å². The van der Waals surface area contributed by atoms with Crippen molar-refractivity contribution in [1.29, 1.82) is 0 Å². The van der Waals surface area contributed by atoms with Crippen LogP contribution in [-0.2, 0) is 0 Å². The van der Waals surface area contributed by atoms with Gasteiger partial charge < -0.3 is 11.1 Å². The van der Waals surface area contributed by atoms with E-state index in [1.807, 2.05) is 0 Å². The fourth-order valence-corrected chi connectivity index (χ4v) is 1.82. The first-order valence-electron chi connectivity index (χ1n) is 4.95. The Hall–Kier alpha value is -2.29. The van der Waals surface area contributed by atoms with E-state index in [9.17, 15) is 14.0 Å². The van der Waals surface area contributed by atoms with Crippen molar-refractivity contribution >= 4 is 33.6 Å². The maximum absolute atomic E-state index is 13.2. The SMILES string of the molecule is NC(=O)c1n[nH]nc1NC(=O)c1cc(F)cc(Br)c1. The van der Waals surface area contributed by atoms with Crippen LogP contribution in [0, 0.1) is 5.82 Å². The molecule has 2 rings (SSSR count). The Kier molecular flexibility index (Phi) is 3.56. The number of H-pyrrole nitrogens is 1. The summed E-state index contributed by atoms with van der Waals surface area (Å²) in [5, 5.41) is 11.5. The lowest BCUT2D eigenvalue weighted by Gasteiger charge is -2.03. The largest absolute Gasteiger partial charge is 0.364 e. The second-order valence-electron chi connectivity index (χ2n) is 3.50. The average molecular weight is 328 g/mol. The third-order valence-corrected chi connectivity index (χ3v) is 2.60. The molecule has 1 heterocycles. The second-order valence-corrected chi connectivity index (χ2v) is 4.41. The van der Waals surface area contributed by atoms with Gasteiger partial charge in [0.1, 0.15) is 5.82 Å². The van der Waals surface area contributed by atoms with E-state index in [1.165, 1.54) is 12.1 Å². The number of hydrogen-bond donors (Lipinski definition) is 3. The lowest BCUT2D eigenvalue weighted by Crippen LogP contribution is -2.18. The summed E-state index contributed by atoms with van der Waals surface area (Å²) in [7, 11) is 0. The van der Waals surface area contributed by atoms with Gasteiger partial charge in [0.15, 0.2) is 11.5 Å². The van der Waals surface area contributed by atoms with Gasteiger partial charge in [-0.15, -0.1) is 10.2 Å². The van der Waals surface area contributed by atoms with Gasteiger partial charge in [0.05, 0.1) is 0 Å². The summed E-state index contributed by atoms with van der Waals surface area (Å²) >= 11 is 3.07. The number of benzene rings is 1. The molecular weight excluding hydrogens is 321 g/mol. The van der Waals surface area contributed by atoms with Gasteiger partial charge in [-0.1, -0.05) is 15.9 Å². The molecule has 7 nitrogen and oxygen atoms in total. The number of nitrogens with zero attached hydrogens (tertiary/aromatic N) is 2. The molecule has 0 aliphatic heterocycles. The minimum atomic E-state index is -0.843. The van der Waals surface area contributed by atoms with Crippen molar-refractivity contribution in [2.24, 2.45) is 5.73 Å². The molecule has 4 N–H and O–H groups in total. The van der Waals surface area contributed by atoms with E-state index in [-0.39, 0.29) is 17.1 Å². The highest BCUT2D eigenvalue weighted by Crippen LogP contribution is 2.16. The van der Waals surface area contributed by atoms with Gasteiger partial charge in [-0.25, -0.2) is 4.39 Å². The number of nitrogens with one attached hydrogen (secondary N) is 2. The van der Waals surface area contributed by atoms with E-state index < -0.39 is 17.6 Å². The highest BCUT2D eigenvalue weighted by atomic mass is 79.9. The van der Waals surface area contributed by atoms with Crippen LogP contribution in [0.5, 0.6) is 0 Å². The summed E-state index contributed by atoms with van der Waals surface area (Å²) in [6.45, 7) is 0. The van der Waals surface area contributed by atoms with Crippen LogP contribution in [0.4, 0.5) is 10.2 Å². The van der Waals surface area contributed by atoms with Crippen molar-refractivity contribution in [2.45, 2.75) is 0 Å². The molecule has 0 saturated heterocycles. The van der Waals surface area contributed by atoms with Gasteiger partial charge >= 0.3 is 0 Å². The Balaban J connectivity index is 2.25. The van der Waals surface area contributed by atoms with Crippen LogP contribution >= 0.6 is 15.9 Å². The number of anilines is 1. The Morgan fingerprint density at radius 3 is 2.68 bits per heavy atom. The Labute approximate surface area is 114 Å². The van der Waals surface area contributed by atoms with E-state index in [4.69, 9.17) is 5.73 Å². The molecule has 1 aromatic carbocycles. The molecular formula is C10H7BrFN5O2. The Bertz CT molecular complexity index is 637. The number of halogens is 2. The minimum absolute atomic E-state index is 0.0605. The highest BCUT2D eigenvalue weighted by Gasteiger charge is 2.17. The molecule has 0 aliphatic rings. The van der Waals surface area contributed by atoms with Gasteiger partial charge in [-0.3, -0.25) is 9.59 Å². The minimum Gasteiger partial charge on any atom is -0.364 e. The maximum atomic E-state index is 13.2. The van der Waals surface area contributed by atoms with E-state index in [0.29, 0.717) is 4.47 Å². The van der Waals surface area contributed by atoms with Crippen molar-refractivity contribution in [2.75, 3.05) is 5.32 Å². The number of carbonyl (C=O) groups is 2. The summed E-state index contributed by atoms with van der Waals surface area (Å²) in [5.74, 6) is -2.17. The number of aromatic nitrogens is 3. The van der Waals surface area contributed by atoms with Crippen LogP contribution in [0.2, 0.25) is 0 Å². The molecule has 0 radical (unpaired) electrons. The van der Waals surface area contributed by atoms with Crippen LogP contribution < -0.4 is 11.1 Å². The fourth-order valence-electron chi connectivity index (χ4n) is 1.35. The fraction of sp³-hybridized carbons (Fsp3) is 0. The van der Waals surface area contributed by atoms with E-state index in [0.717, 1.165) is 6.07 Å². The molecule has 0 aliphatic carbocycles. The smallest absolute Gasteiger partial charge is 0.273 e. The molecule has 2 aromatic rings. The first kappa shape index (κ1) is 13.1. The van der Waals surface area contributed by atoms with E-state index in [2.05, 4.69) is 36.7 Å². The lowest BCUT2D eigenvalue weighted by molar-refractivity contribution is 0.0996. The van der Waals surface area contributed by atoms with Crippen molar-refractivity contribution in [3.05, 3.63) is 39.7 Å². The molecule has 0 spiro atoms. The third kappa shape index (κ3) is 2.94.